The molecule has 0 unspecified atom stereocenters. The molecule has 0 saturated heterocycles. The van der Waals surface area contributed by atoms with Crippen molar-refractivity contribution in [2.75, 3.05) is 6.61 Å². The summed E-state index contributed by atoms with van der Waals surface area (Å²) in [6.07, 6.45) is 1.74. The number of ether oxygens (including phenoxy) is 2. The lowest BCUT2D eigenvalue weighted by Gasteiger charge is -2.15. The number of carbonyl (C=O) groups excluding carboxylic acids is 1. The molecular formula is C25H28N2O3. The third-order valence-corrected chi connectivity index (χ3v) is 4.65. The molecule has 1 heterocycles. The first-order valence-corrected chi connectivity index (χ1v) is 10.1. The van der Waals surface area contributed by atoms with Gasteiger partial charge in [-0.05, 0) is 59.9 Å². The van der Waals surface area contributed by atoms with Crippen LogP contribution in [0.15, 0.2) is 66.9 Å². The van der Waals surface area contributed by atoms with Gasteiger partial charge in [-0.2, -0.15) is 0 Å². The van der Waals surface area contributed by atoms with Gasteiger partial charge in [0, 0.05) is 12.7 Å². The van der Waals surface area contributed by atoms with Crippen molar-refractivity contribution in [1.82, 2.24) is 10.3 Å². The molecule has 1 amide bonds. The number of aryl methyl sites for hydroxylation is 1. The Morgan fingerprint density at radius 1 is 1.03 bits per heavy atom. The number of pyridine rings is 1. The standard InChI is InChI=1S/C25H28N2O3/c1-18(2)23-11-10-19(3)13-24(23)30-17-25(28)27-15-20-7-6-9-22(14-20)29-16-21-8-4-5-12-26-21/h4-14,18H,15-17H2,1-3H3,(H,27,28). The van der Waals surface area contributed by atoms with Crippen molar-refractivity contribution in [2.45, 2.75) is 39.8 Å². The summed E-state index contributed by atoms with van der Waals surface area (Å²) in [5, 5.41) is 2.90. The first-order chi connectivity index (χ1) is 14.5. The molecule has 0 radical (unpaired) electrons. The number of amides is 1. The molecule has 1 aromatic heterocycles. The van der Waals surface area contributed by atoms with Crippen molar-refractivity contribution in [3.8, 4) is 11.5 Å². The number of benzene rings is 2. The van der Waals surface area contributed by atoms with Crippen LogP contribution >= 0.6 is 0 Å². The molecule has 0 aliphatic heterocycles. The van der Waals surface area contributed by atoms with Crippen molar-refractivity contribution in [1.29, 1.82) is 0 Å². The zero-order valence-corrected chi connectivity index (χ0v) is 17.7. The molecule has 0 bridgehead atoms. The normalized spacial score (nSPS) is 10.7. The highest BCUT2D eigenvalue weighted by Gasteiger charge is 2.10. The van der Waals surface area contributed by atoms with Gasteiger partial charge in [-0.15, -0.1) is 0 Å². The second-order valence-corrected chi connectivity index (χ2v) is 7.52. The number of aromatic nitrogens is 1. The summed E-state index contributed by atoms with van der Waals surface area (Å²) in [5.41, 5.74) is 4.04. The van der Waals surface area contributed by atoms with E-state index in [0.29, 0.717) is 19.1 Å². The number of hydrogen-bond acceptors (Lipinski definition) is 4. The Kier molecular flexibility index (Phi) is 7.44. The monoisotopic (exact) mass is 404 g/mol. The minimum Gasteiger partial charge on any atom is -0.487 e. The summed E-state index contributed by atoms with van der Waals surface area (Å²) in [4.78, 5) is 16.5. The average Bonchev–Trinajstić information content (AvgIpc) is 2.75. The molecule has 1 N–H and O–H groups in total. The van der Waals surface area contributed by atoms with Crippen molar-refractivity contribution in [2.24, 2.45) is 0 Å². The summed E-state index contributed by atoms with van der Waals surface area (Å²) in [6, 6.07) is 19.5. The second kappa shape index (κ2) is 10.4. The fourth-order valence-electron chi connectivity index (χ4n) is 3.02. The molecule has 2 aromatic carbocycles. The van der Waals surface area contributed by atoms with Gasteiger partial charge in [-0.3, -0.25) is 9.78 Å². The highest BCUT2D eigenvalue weighted by atomic mass is 16.5. The zero-order valence-electron chi connectivity index (χ0n) is 17.7. The van der Waals surface area contributed by atoms with E-state index >= 15 is 0 Å². The first-order valence-electron chi connectivity index (χ1n) is 10.1. The zero-order chi connectivity index (χ0) is 21.3. The third-order valence-electron chi connectivity index (χ3n) is 4.65. The van der Waals surface area contributed by atoms with E-state index in [0.717, 1.165) is 33.9 Å². The number of rotatable bonds is 9. The molecule has 3 rings (SSSR count). The molecule has 0 saturated carbocycles. The van der Waals surface area contributed by atoms with Gasteiger partial charge in [0.15, 0.2) is 6.61 Å². The Morgan fingerprint density at radius 3 is 2.67 bits per heavy atom. The summed E-state index contributed by atoms with van der Waals surface area (Å²) in [6.45, 7) is 7.03. The molecule has 0 aliphatic carbocycles. The minimum absolute atomic E-state index is 0.0148. The fraction of sp³-hybridized carbons (Fsp3) is 0.280. The Balaban J connectivity index is 1.50. The van der Waals surface area contributed by atoms with Crippen LogP contribution in [-0.4, -0.2) is 17.5 Å². The molecule has 30 heavy (non-hydrogen) atoms. The molecule has 0 atom stereocenters. The molecular weight excluding hydrogens is 376 g/mol. The van der Waals surface area contributed by atoms with Crippen LogP contribution < -0.4 is 14.8 Å². The molecule has 5 nitrogen and oxygen atoms in total. The van der Waals surface area contributed by atoms with Crippen LogP contribution in [0.25, 0.3) is 0 Å². The van der Waals surface area contributed by atoms with Gasteiger partial charge in [0.25, 0.3) is 5.91 Å². The van der Waals surface area contributed by atoms with Gasteiger partial charge >= 0.3 is 0 Å². The SMILES string of the molecule is Cc1ccc(C(C)C)c(OCC(=O)NCc2cccc(OCc3ccccn3)c2)c1. The maximum absolute atomic E-state index is 12.3. The summed E-state index contributed by atoms with van der Waals surface area (Å²) in [5.74, 6) is 1.68. The highest BCUT2D eigenvalue weighted by Crippen LogP contribution is 2.27. The molecule has 0 fully saturated rings. The van der Waals surface area contributed by atoms with E-state index in [1.54, 1.807) is 6.20 Å². The summed E-state index contributed by atoms with van der Waals surface area (Å²) in [7, 11) is 0. The van der Waals surface area contributed by atoms with Crippen molar-refractivity contribution >= 4 is 5.91 Å². The quantitative estimate of drug-likeness (QED) is 0.557. The lowest BCUT2D eigenvalue weighted by Crippen LogP contribution is -2.28. The molecule has 0 aliphatic rings. The number of carbonyl (C=O) groups is 1. The number of nitrogens with zero attached hydrogens (tertiary/aromatic N) is 1. The Labute approximate surface area is 178 Å². The van der Waals surface area contributed by atoms with Crippen LogP contribution in [0.5, 0.6) is 11.5 Å². The highest BCUT2D eigenvalue weighted by molar-refractivity contribution is 5.77. The predicted octanol–water partition coefficient (Wildman–Crippen LogP) is 4.79. The van der Waals surface area contributed by atoms with Gasteiger partial charge in [0.1, 0.15) is 18.1 Å². The van der Waals surface area contributed by atoms with Crippen LogP contribution in [0, 0.1) is 6.92 Å². The number of hydrogen-bond donors (Lipinski definition) is 1. The van der Waals surface area contributed by atoms with Crippen molar-refractivity contribution < 1.29 is 14.3 Å². The second-order valence-electron chi connectivity index (χ2n) is 7.52. The van der Waals surface area contributed by atoms with E-state index in [9.17, 15) is 4.79 Å². The van der Waals surface area contributed by atoms with E-state index in [2.05, 4.69) is 36.3 Å². The van der Waals surface area contributed by atoms with E-state index in [-0.39, 0.29) is 12.5 Å². The Hall–Kier alpha value is -3.34. The molecule has 0 spiro atoms. The molecule has 3 aromatic rings. The van der Waals surface area contributed by atoms with Crippen LogP contribution in [0.3, 0.4) is 0 Å². The molecule has 5 heteroatoms. The maximum Gasteiger partial charge on any atom is 0.258 e. The van der Waals surface area contributed by atoms with E-state index in [1.807, 2.05) is 55.5 Å². The summed E-state index contributed by atoms with van der Waals surface area (Å²) < 4.78 is 11.6. The van der Waals surface area contributed by atoms with Gasteiger partial charge in [-0.1, -0.05) is 44.2 Å². The van der Waals surface area contributed by atoms with E-state index in [1.165, 1.54) is 0 Å². The van der Waals surface area contributed by atoms with Crippen LogP contribution in [0.4, 0.5) is 0 Å². The van der Waals surface area contributed by atoms with Gasteiger partial charge in [0.2, 0.25) is 0 Å². The molecule has 156 valence electrons. The van der Waals surface area contributed by atoms with Crippen molar-refractivity contribution in [3.63, 3.8) is 0 Å². The van der Waals surface area contributed by atoms with E-state index < -0.39 is 0 Å². The summed E-state index contributed by atoms with van der Waals surface area (Å²) >= 11 is 0. The average molecular weight is 405 g/mol. The van der Waals surface area contributed by atoms with Crippen LogP contribution in [0.2, 0.25) is 0 Å². The van der Waals surface area contributed by atoms with Crippen LogP contribution in [-0.2, 0) is 17.9 Å². The topological polar surface area (TPSA) is 60.5 Å². The minimum atomic E-state index is -0.161. The third kappa shape index (κ3) is 6.34. The van der Waals surface area contributed by atoms with E-state index in [4.69, 9.17) is 9.47 Å². The largest absolute Gasteiger partial charge is 0.487 e. The lowest BCUT2D eigenvalue weighted by molar-refractivity contribution is -0.123. The number of nitrogens with one attached hydrogen (secondary N) is 1. The van der Waals surface area contributed by atoms with Gasteiger partial charge in [0.05, 0.1) is 5.69 Å². The maximum atomic E-state index is 12.3. The lowest BCUT2D eigenvalue weighted by atomic mass is 10.0. The van der Waals surface area contributed by atoms with Gasteiger partial charge < -0.3 is 14.8 Å². The fourth-order valence-corrected chi connectivity index (χ4v) is 3.02. The predicted molar refractivity (Wildman–Crippen MR) is 118 cm³/mol. The smallest absolute Gasteiger partial charge is 0.258 e. The Bertz CT molecular complexity index is 971. The van der Waals surface area contributed by atoms with Crippen molar-refractivity contribution in [3.05, 3.63) is 89.2 Å². The van der Waals surface area contributed by atoms with Crippen LogP contribution in [0.1, 0.15) is 42.1 Å². The Morgan fingerprint density at radius 2 is 1.90 bits per heavy atom. The first kappa shape index (κ1) is 21.4. The van der Waals surface area contributed by atoms with Gasteiger partial charge in [-0.25, -0.2) is 0 Å².